The van der Waals surface area contributed by atoms with Crippen LogP contribution in [0.5, 0.6) is 0 Å². The molecule has 1 aliphatic heterocycles. The highest BCUT2D eigenvalue weighted by Gasteiger charge is 2.29. The Labute approximate surface area is 137 Å². The first-order valence-corrected chi connectivity index (χ1v) is 9.28. The van der Waals surface area contributed by atoms with Crippen LogP contribution in [0.15, 0.2) is 16.7 Å². The van der Waals surface area contributed by atoms with Crippen LogP contribution in [0.1, 0.15) is 35.9 Å². The first-order valence-electron chi connectivity index (χ1n) is 7.88. The molecule has 130 valence electrons. The Hall–Kier alpha value is -1.38. The van der Waals surface area contributed by atoms with Gasteiger partial charge in [0.25, 0.3) is 16.1 Å². The molecule has 2 rings (SSSR count). The van der Waals surface area contributed by atoms with Crippen molar-refractivity contribution in [1.29, 1.82) is 0 Å². The lowest BCUT2D eigenvalue weighted by Gasteiger charge is -2.32. The molecule has 0 unspecified atom stereocenters. The number of nitrogens with zero attached hydrogens (tertiary/aromatic N) is 2. The highest BCUT2D eigenvalue weighted by molar-refractivity contribution is 7.86. The van der Waals surface area contributed by atoms with E-state index in [9.17, 15) is 13.2 Å². The third kappa shape index (κ3) is 4.13. The van der Waals surface area contributed by atoms with Crippen molar-refractivity contribution in [3.05, 3.63) is 23.7 Å². The molecule has 8 heteroatoms. The minimum atomic E-state index is -3.33. The second-order valence-electron chi connectivity index (χ2n) is 5.95. The van der Waals surface area contributed by atoms with Gasteiger partial charge >= 0.3 is 0 Å². The lowest BCUT2D eigenvalue weighted by Crippen LogP contribution is -2.45. The molecule has 1 aliphatic rings. The predicted octanol–water partition coefficient (Wildman–Crippen LogP) is 1.09. The molecule has 1 fully saturated rings. The topological polar surface area (TPSA) is 82.9 Å². The number of nitrogens with one attached hydrogen (secondary N) is 1. The fraction of sp³-hybridized carbons (Fsp3) is 0.667. The summed E-state index contributed by atoms with van der Waals surface area (Å²) in [5.41, 5.74) is 0.583. The summed E-state index contributed by atoms with van der Waals surface area (Å²) in [7, 11) is -0.253. The third-order valence-electron chi connectivity index (χ3n) is 4.22. The van der Waals surface area contributed by atoms with Gasteiger partial charge in [-0.25, -0.2) is 0 Å². The fourth-order valence-electron chi connectivity index (χ4n) is 2.72. The van der Waals surface area contributed by atoms with Crippen molar-refractivity contribution >= 4 is 16.1 Å². The second-order valence-corrected chi connectivity index (χ2v) is 8.10. The lowest BCUT2D eigenvalue weighted by atomic mass is 9.98. The molecule has 0 aliphatic carbocycles. The van der Waals surface area contributed by atoms with E-state index in [0.29, 0.717) is 43.3 Å². The molecule has 1 aromatic heterocycles. The second kappa shape index (κ2) is 7.46. The van der Waals surface area contributed by atoms with Gasteiger partial charge in [-0.1, -0.05) is 6.92 Å². The molecule has 0 bridgehead atoms. The van der Waals surface area contributed by atoms with Crippen molar-refractivity contribution in [2.75, 3.05) is 33.7 Å². The van der Waals surface area contributed by atoms with Crippen LogP contribution < -0.4 is 5.32 Å². The molecule has 0 saturated carbocycles. The number of aryl methyl sites for hydroxylation is 1. The Balaban J connectivity index is 1.82. The largest absolute Gasteiger partial charge is 0.469 e. The van der Waals surface area contributed by atoms with Gasteiger partial charge in [-0.05, 0) is 24.8 Å². The Bertz CT molecular complexity index is 631. The van der Waals surface area contributed by atoms with Gasteiger partial charge in [0.1, 0.15) is 5.76 Å². The molecule has 0 atom stereocenters. The van der Waals surface area contributed by atoms with E-state index in [1.54, 1.807) is 6.07 Å². The van der Waals surface area contributed by atoms with E-state index in [2.05, 4.69) is 5.32 Å². The Morgan fingerprint density at radius 3 is 2.61 bits per heavy atom. The van der Waals surface area contributed by atoms with E-state index in [-0.39, 0.29) is 5.91 Å². The summed E-state index contributed by atoms with van der Waals surface area (Å²) >= 11 is 0. The highest BCUT2D eigenvalue weighted by atomic mass is 32.2. The number of hydrogen-bond donors (Lipinski definition) is 1. The molecule has 23 heavy (non-hydrogen) atoms. The van der Waals surface area contributed by atoms with Gasteiger partial charge in [0.2, 0.25) is 0 Å². The highest BCUT2D eigenvalue weighted by Crippen LogP contribution is 2.20. The smallest absolute Gasteiger partial charge is 0.281 e. The zero-order valence-electron chi connectivity index (χ0n) is 13.9. The van der Waals surface area contributed by atoms with Gasteiger partial charge in [-0.2, -0.15) is 17.0 Å². The fourth-order valence-corrected chi connectivity index (χ4v) is 3.86. The quantitative estimate of drug-likeness (QED) is 0.838. The maximum atomic E-state index is 12.2. The van der Waals surface area contributed by atoms with Crippen LogP contribution in [0, 0.1) is 5.92 Å². The third-order valence-corrected chi connectivity index (χ3v) is 6.16. The summed E-state index contributed by atoms with van der Waals surface area (Å²) in [5, 5.41) is 2.93. The van der Waals surface area contributed by atoms with Crippen molar-refractivity contribution in [1.82, 2.24) is 13.9 Å². The van der Waals surface area contributed by atoms with Crippen LogP contribution in [0.2, 0.25) is 0 Å². The Morgan fingerprint density at radius 2 is 2.04 bits per heavy atom. The molecular weight excluding hydrogens is 318 g/mol. The number of furan rings is 1. The molecule has 1 aromatic rings. The minimum absolute atomic E-state index is 0.126. The van der Waals surface area contributed by atoms with Crippen molar-refractivity contribution < 1.29 is 17.6 Å². The van der Waals surface area contributed by atoms with Crippen molar-refractivity contribution in [3.63, 3.8) is 0 Å². The van der Waals surface area contributed by atoms with E-state index in [0.717, 1.165) is 12.8 Å². The summed E-state index contributed by atoms with van der Waals surface area (Å²) in [6.07, 6.45) is 3.70. The molecule has 7 nitrogen and oxygen atoms in total. The van der Waals surface area contributed by atoms with Gasteiger partial charge in [-0.3, -0.25) is 4.79 Å². The van der Waals surface area contributed by atoms with Crippen molar-refractivity contribution in [2.24, 2.45) is 5.92 Å². The molecule has 0 spiro atoms. The van der Waals surface area contributed by atoms with Gasteiger partial charge in [0.05, 0.1) is 11.8 Å². The summed E-state index contributed by atoms with van der Waals surface area (Å²) < 4.78 is 32.1. The Kier molecular flexibility index (Phi) is 5.83. The summed E-state index contributed by atoms with van der Waals surface area (Å²) in [5.74, 6) is 0.859. The monoisotopic (exact) mass is 343 g/mol. The van der Waals surface area contributed by atoms with E-state index < -0.39 is 10.2 Å². The molecule has 0 radical (unpaired) electrons. The number of piperidine rings is 1. The van der Waals surface area contributed by atoms with Gasteiger partial charge in [-0.15, -0.1) is 0 Å². The number of hydrogen-bond acceptors (Lipinski definition) is 4. The van der Waals surface area contributed by atoms with Gasteiger partial charge in [0.15, 0.2) is 0 Å². The van der Waals surface area contributed by atoms with Crippen LogP contribution >= 0.6 is 0 Å². The Morgan fingerprint density at radius 1 is 1.39 bits per heavy atom. The average Bonchev–Trinajstić information content (AvgIpc) is 3.01. The van der Waals surface area contributed by atoms with Crippen molar-refractivity contribution in [3.8, 4) is 0 Å². The van der Waals surface area contributed by atoms with Crippen molar-refractivity contribution in [2.45, 2.75) is 26.2 Å². The molecule has 2 heterocycles. The first-order chi connectivity index (χ1) is 10.9. The normalized spacial score (nSPS) is 17.6. The molecular formula is C15H25N3O4S. The number of rotatable bonds is 6. The lowest BCUT2D eigenvalue weighted by molar-refractivity contribution is 0.0939. The van der Waals surface area contributed by atoms with Crippen LogP contribution in [0.25, 0.3) is 0 Å². The maximum Gasteiger partial charge on any atom is 0.281 e. The van der Waals surface area contributed by atoms with Gasteiger partial charge in [0, 0.05) is 40.2 Å². The van der Waals surface area contributed by atoms with Crippen LogP contribution in [-0.2, 0) is 16.6 Å². The average molecular weight is 343 g/mol. The molecule has 1 amide bonds. The van der Waals surface area contributed by atoms with E-state index in [1.165, 1.54) is 29.0 Å². The standard InChI is InChI=1S/C15H25N3O4S/c1-4-14-13(7-10-22-14)15(19)16-11-12-5-8-18(9-6-12)23(20,21)17(2)3/h7,10,12H,4-6,8-9,11H2,1-3H3,(H,16,19). The summed E-state index contributed by atoms with van der Waals surface area (Å²) in [4.78, 5) is 12.2. The minimum Gasteiger partial charge on any atom is -0.469 e. The number of carbonyl (C=O) groups is 1. The van der Waals surface area contributed by atoms with Crippen LogP contribution in [-0.4, -0.2) is 56.7 Å². The zero-order valence-corrected chi connectivity index (χ0v) is 14.7. The summed E-state index contributed by atoms with van der Waals surface area (Å²) in [6.45, 7) is 3.49. The molecule has 1 N–H and O–H groups in total. The van der Waals surface area contributed by atoms with Gasteiger partial charge < -0.3 is 9.73 Å². The number of amides is 1. The van der Waals surface area contributed by atoms with E-state index >= 15 is 0 Å². The van der Waals surface area contributed by atoms with E-state index in [4.69, 9.17) is 4.42 Å². The molecule has 1 saturated heterocycles. The first kappa shape index (κ1) is 18.0. The predicted molar refractivity (Wildman–Crippen MR) is 87.3 cm³/mol. The zero-order chi connectivity index (χ0) is 17.0. The SMILES string of the molecule is CCc1occc1C(=O)NCC1CCN(S(=O)(=O)N(C)C)CC1. The number of carbonyl (C=O) groups excluding carboxylic acids is 1. The van der Waals surface area contributed by atoms with Crippen LogP contribution in [0.4, 0.5) is 0 Å². The summed E-state index contributed by atoms with van der Waals surface area (Å²) in [6, 6.07) is 1.68. The molecule has 0 aromatic carbocycles. The van der Waals surface area contributed by atoms with Crippen LogP contribution in [0.3, 0.4) is 0 Å². The van der Waals surface area contributed by atoms with E-state index in [1.807, 2.05) is 6.92 Å². The maximum absolute atomic E-state index is 12.2.